The van der Waals surface area contributed by atoms with Crippen LogP contribution in [0.25, 0.3) is 0 Å². The molecule has 2 nitrogen and oxygen atoms in total. The highest BCUT2D eigenvalue weighted by atomic mass is 15.2. The summed E-state index contributed by atoms with van der Waals surface area (Å²) in [5, 5.41) is 0. The first-order valence-electron chi connectivity index (χ1n) is 7.74. The summed E-state index contributed by atoms with van der Waals surface area (Å²) in [6.07, 6.45) is 9.57. The number of benzene rings is 1. The topological polar surface area (TPSA) is 38.0 Å². The van der Waals surface area contributed by atoms with Crippen molar-refractivity contribution in [2.24, 2.45) is 11.8 Å². The van der Waals surface area contributed by atoms with Gasteiger partial charge in [0, 0.05) is 6.04 Å². The predicted octanol–water partition coefficient (Wildman–Crippen LogP) is 4.17. The third-order valence-electron chi connectivity index (χ3n) is 4.77. The summed E-state index contributed by atoms with van der Waals surface area (Å²) in [4.78, 5) is 0. The zero-order valence-electron chi connectivity index (χ0n) is 12.4. The second-order valence-corrected chi connectivity index (χ2v) is 6.10. The Labute approximate surface area is 117 Å². The van der Waals surface area contributed by atoms with E-state index in [9.17, 15) is 0 Å². The number of aryl methyl sites for hydroxylation is 1. The van der Waals surface area contributed by atoms with Crippen molar-refractivity contribution in [1.29, 1.82) is 0 Å². The molecule has 0 radical (unpaired) electrons. The maximum Gasteiger partial charge on any atom is 0.0465 e. The molecule has 0 heterocycles. The molecule has 0 amide bonds. The average Bonchev–Trinajstić information content (AvgIpc) is 2.68. The van der Waals surface area contributed by atoms with E-state index in [1.807, 2.05) is 0 Å². The highest BCUT2D eigenvalue weighted by Gasteiger charge is 2.20. The van der Waals surface area contributed by atoms with Crippen molar-refractivity contribution in [1.82, 2.24) is 5.43 Å². The van der Waals surface area contributed by atoms with Gasteiger partial charge in [-0.2, -0.15) is 0 Å². The lowest BCUT2D eigenvalue weighted by molar-refractivity contribution is 0.358. The number of hydrazine groups is 1. The van der Waals surface area contributed by atoms with Crippen LogP contribution in [0.3, 0.4) is 0 Å². The van der Waals surface area contributed by atoms with Crippen LogP contribution >= 0.6 is 0 Å². The Bertz CT molecular complexity index is 392. The van der Waals surface area contributed by atoms with Gasteiger partial charge in [0.2, 0.25) is 0 Å². The second-order valence-electron chi connectivity index (χ2n) is 6.10. The summed E-state index contributed by atoms with van der Waals surface area (Å²) >= 11 is 0. The molecule has 0 bridgehead atoms. The number of hydrogen-bond donors (Lipinski definition) is 2. The number of nitrogens with two attached hydrogens (primary N) is 1. The molecule has 1 unspecified atom stereocenters. The highest BCUT2D eigenvalue weighted by molar-refractivity contribution is 5.35. The predicted molar refractivity (Wildman–Crippen MR) is 81.8 cm³/mol. The first-order chi connectivity index (χ1) is 9.22. The molecule has 1 saturated carbocycles. The Kier molecular flexibility index (Phi) is 5.41. The van der Waals surface area contributed by atoms with E-state index in [0.29, 0.717) is 6.04 Å². The molecule has 1 atom stereocenters. The van der Waals surface area contributed by atoms with Crippen LogP contribution in [0.5, 0.6) is 0 Å². The van der Waals surface area contributed by atoms with E-state index in [0.717, 1.165) is 5.92 Å². The van der Waals surface area contributed by atoms with E-state index >= 15 is 0 Å². The smallest absolute Gasteiger partial charge is 0.0465 e. The maximum atomic E-state index is 5.83. The minimum absolute atomic E-state index is 0.308. The molecule has 0 spiro atoms. The summed E-state index contributed by atoms with van der Waals surface area (Å²) in [5.41, 5.74) is 7.18. The minimum Gasteiger partial charge on any atom is -0.271 e. The third kappa shape index (κ3) is 3.80. The molecule has 1 aliphatic carbocycles. The van der Waals surface area contributed by atoms with Gasteiger partial charge in [0.05, 0.1) is 0 Å². The fourth-order valence-corrected chi connectivity index (χ4v) is 3.37. The molecule has 3 N–H and O–H groups in total. The first-order valence-corrected chi connectivity index (χ1v) is 7.74. The third-order valence-corrected chi connectivity index (χ3v) is 4.77. The van der Waals surface area contributed by atoms with Crippen LogP contribution in [0.2, 0.25) is 0 Å². The van der Waals surface area contributed by atoms with Crippen molar-refractivity contribution in [3.63, 3.8) is 0 Å². The van der Waals surface area contributed by atoms with Crippen LogP contribution in [0.4, 0.5) is 0 Å². The Hall–Kier alpha value is -0.860. The van der Waals surface area contributed by atoms with Gasteiger partial charge in [-0.05, 0) is 42.9 Å². The quantitative estimate of drug-likeness (QED) is 0.484. The molecule has 19 heavy (non-hydrogen) atoms. The van der Waals surface area contributed by atoms with Crippen molar-refractivity contribution < 1.29 is 0 Å². The van der Waals surface area contributed by atoms with Gasteiger partial charge in [0.1, 0.15) is 0 Å². The maximum absolute atomic E-state index is 5.83. The number of nitrogens with one attached hydrogen (secondary N) is 1. The molecule has 0 aliphatic heterocycles. The standard InChI is InChI=1S/C17H28N2/c1-13-8-7-11-16(14(13)2)17(19-18)12-15-9-5-3-4-6-10-15/h7-8,11,15,17,19H,3-6,9-10,12,18H2,1-2H3. The Morgan fingerprint density at radius 1 is 1.16 bits per heavy atom. The van der Waals surface area contributed by atoms with Gasteiger partial charge in [-0.3, -0.25) is 11.3 Å². The van der Waals surface area contributed by atoms with E-state index in [2.05, 4.69) is 37.5 Å². The molecule has 1 fully saturated rings. The largest absolute Gasteiger partial charge is 0.271 e. The lowest BCUT2D eigenvalue weighted by Gasteiger charge is -2.24. The lowest BCUT2D eigenvalue weighted by atomic mass is 9.87. The van der Waals surface area contributed by atoms with Gasteiger partial charge in [0.15, 0.2) is 0 Å². The van der Waals surface area contributed by atoms with Gasteiger partial charge >= 0.3 is 0 Å². The van der Waals surface area contributed by atoms with Crippen LogP contribution in [0, 0.1) is 19.8 Å². The molecule has 0 saturated heterocycles. The summed E-state index contributed by atoms with van der Waals surface area (Å²) in [7, 11) is 0. The van der Waals surface area contributed by atoms with Crippen molar-refractivity contribution in [3.05, 3.63) is 34.9 Å². The van der Waals surface area contributed by atoms with E-state index in [-0.39, 0.29) is 0 Å². The van der Waals surface area contributed by atoms with Crippen LogP contribution < -0.4 is 11.3 Å². The van der Waals surface area contributed by atoms with Gasteiger partial charge < -0.3 is 0 Å². The number of rotatable bonds is 4. The van der Waals surface area contributed by atoms with Crippen LogP contribution in [0.1, 0.15) is 67.7 Å². The van der Waals surface area contributed by atoms with E-state index in [4.69, 9.17) is 5.84 Å². The lowest BCUT2D eigenvalue weighted by Crippen LogP contribution is -2.30. The zero-order chi connectivity index (χ0) is 13.7. The highest BCUT2D eigenvalue weighted by Crippen LogP contribution is 2.32. The van der Waals surface area contributed by atoms with Crippen LogP contribution in [0.15, 0.2) is 18.2 Å². The summed E-state index contributed by atoms with van der Waals surface area (Å²) in [5.74, 6) is 6.67. The van der Waals surface area contributed by atoms with E-state index in [1.54, 1.807) is 0 Å². The summed E-state index contributed by atoms with van der Waals surface area (Å²) in [6, 6.07) is 6.86. The van der Waals surface area contributed by atoms with Crippen LogP contribution in [-0.2, 0) is 0 Å². The Morgan fingerprint density at radius 2 is 1.84 bits per heavy atom. The van der Waals surface area contributed by atoms with Gasteiger partial charge in [-0.1, -0.05) is 56.7 Å². The van der Waals surface area contributed by atoms with Gasteiger partial charge in [-0.25, -0.2) is 0 Å². The minimum atomic E-state index is 0.308. The van der Waals surface area contributed by atoms with E-state index < -0.39 is 0 Å². The molecule has 0 aromatic heterocycles. The second kappa shape index (κ2) is 7.06. The Balaban J connectivity index is 2.08. The van der Waals surface area contributed by atoms with Crippen LogP contribution in [-0.4, -0.2) is 0 Å². The monoisotopic (exact) mass is 260 g/mol. The molecular weight excluding hydrogens is 232 g/mol. The molecule has 1 aliphatic rings. The number of hydrogen-bond acceptors (Lipinski definition) is 2. The van der Waals surface area contributed by atoms with Gasteiger partial charge in [0.25, 0.3) is 0 Å². The van der Waals surface area contributed by atoms with Gasteiger partial charge in [-0.15, -0.1) is 0 Å². The molecule has 2 rings (SSSR count). The molecule has 1 aromatic rings. The summed E-state index contributed by atoms with van der Waals surface area (Å²) < 4.78 is 0. The zero-order valence-corrected chi connectivity index (χ0v) is 12.4. The normalized spacial score (nSPS) is 19.1. The SMILES string of the molecule is Cc1cccc(C(CC2CCCCCC2)NN)c1C. The summed E-state index contributed by atoms with van der Waals surface area (Å²) in [6.45, 7) is 4.39. The fraction of sp³-hybridized carbons (Fsp3) is 0.647. The average molecular weight is 260 g/mol. The van der Waals surface area contributed by atoms with E-state index in [1.165, 1.54) is 61.6 Å². The van der Waals surface area contributed by atoms with Crippen molar-refractivity contribution in [2.45, 2.75) is 64.8 Å². The van der Waals surface area contributed by atoms with Crippen molar-refractivity contribution >= 4 is 0 Å². The van der Waals surface area contributed by atoms with Crippen molar-refractivity contribution in [2.75, 3.05) is 0 Å². The fourth-order valence-electron chi connectivity index (χ4n) is 3.37. The first kappa shape index (κ1) is 14.5. The molecular formula is C17H28N2. The molecule has 2 heteroatoms. The molecule has 106 valence electrons. The van der Waals surface area contributed by atoms with Crippen molar-refractivity contribution in [3.8, 4) is 0 Å². The Morgan fingerprint density at radius 3 is 2.47 bits per heavy atom. The molecule has 1 aromatic carbocycles.